The number of nitrogens with two attached hydrogens (primary N) is 1. The first kappa shape index (κ1) is 15.8. The van der Waals surface area contributed by atoms with Crippen LogP contribution in [0.15, 0.2) is 12.1 Å². The third kappa shape index (κ3) is 5.51. The van der Waals surface area contributed by atoms with Crippen LogP contribution < -0.4 is 11.1 Å². The van der Waals surface area contributed by atoms with E-state index in [4.69, 9.17) is 5.73 Å². The number of thioether (sulfide) groups is 1. The van der Waals surface area contributed by atoms with Crippen LogP contribution in [0.1, 0.15) is 43.2 Å². The predicted molar refractivity (Wildman–Crippen MR) is 82.6 cm³/mol. The summed E-state index contributed by atoms with van der Waals surface area (Å²) in [5.74, 6) is 2.32. The number of aromatic nitrogens is 1. The molecule has 0 fully saturated rings. The number of nitrogens with zero attached hydrogens (tertiary/aromatic N) is 1. The van der Waals surface area contributed by atoms with Crippen LogP contribution in [0.25, 0.3) is 0 Å². The van der Waals surface area contributed by atoms with Crippen LogP contribution in [0, 0.1) is 0 Å². The molecule has 0 bridgehead atoms. The van der Waals surface area contributed by atoms with Crippen molar-refractivity contribution >= 4 is 23.5 Å². The fourth-order valence-corrected chi connectivity index (χ4v) is 2.44. The van der Waals surface area contributed by atoms with Gasteiger partial charge in [-0.05, 0) is 31.2 Å². The van der Waals surface area contributed by atoms with Crippen LogP contribution in [0.4, 0.5) is 5.82 Å². The molecule has 5 heteroatoms. The number of carbonyl (C=O) groups excluding carboxylic acids is 1. The summed E-state index contributed by atoms with van der Waals surface area (Å²) in [6.07, 6.45) is 1.83. The molecule has 0 aliphatic heterocycles. The Morgan fingerprint density at radius 2 is 2.21 bits per heavy atom. The van der Waals surface area contributed by atoms with Crippen molar-refractivity contribution in [1.82, 2.24) is 10.3 Å². The van der Waals surface area contributed by atoms with Crippen LogP contribution in [-0.4, -0.2) is 28.4 Å². The highest BCUT2D eigenvalue weighted by Crippen LogP contribution is 2.10. The first-order valence-corrected chi connectivity index (χ1v) is 7.87. The largest absolute Gasteiger partial charge is 0.384 e. The quantitative estimate of drug-likeness (QED) is 0.805. The van der Waals surface area contributed by atoms with E-state index in [0.717, 1.165) is 30.0 Å². The molecule has 1 rings (SSSR count). The summed E-state index contributed by atoms with van der Waals surface area (Å²) < 4.78 is 0. The van der Waals surface area contributed by atoms with E-state index in [-0.39, 0.29) is 11.9 Å². The van der Waals surface area contributed by atoms with Crippen LogP contribution >= 0.6 is 11.8 Å². The van der Waals surface area contributed by atoms with Crippen molar-refractivity contribution in [2.24, 2.45) is 0 Å². The number of rotatable bonds is 7. The Hall–Kier alpha value is -1.23. The number of carbonyl (C=O) groups is 1. The molecule has 0 saturated heterocycles. The topological polar surface area (TPSA) is 68.0 Å². The lowest BCUT2D eigenvalue weighted by Crippen LogP contribution is -2.34. The van der Waals surface area contributed by atoms with E-state index < -0.39 is 0 Å². The molecule has 0 aliphatic rings. The molecule has 1 amide bonds. The van der Waals surface area contributed by atoms with E-state index in [2.05, 4.69) is 24.1 Å². The van der Waals surface area contributed by atoms with Crippen LogP contribution in [0.2, 0.25) is 0 Å². The Morgan fingerprint density at radius 3 is 2.84 bits per heavy atom. The Bertz CT molecular complexity index is 423. The molecular weight excluding hydrogens is 258 g/mol. The highest BCUT2D eigenvalue weighted by atomic mass is 32.2. The summed E-state index contributed by atoms with van der Waals surface area (Å²) in [5.41, 5.74) is 7.22. The SMILES string of the molecule is CCCc1cc(C(=O)NC(C)CSCC)cc(N)n1. The van der Waals surface area contributed by atoms with Gasteiger partial charge in [0, 0.05) is 23.1 Å². The Balaban J connectivity index is 2.70. The van der Waals surface area contributed by atoms with E-state index in [1.807, 2.05) is 24.8 Å². The van der Waals surface area contributed by atoms with Gasteiger partial charge in [0.05, 0.1) is 0 Å². The van der Waals surface area contributed by atoms with Gasteiger partial charge in [-0.1, -0.05) is 20.3 Å². The summed E-state index contributed by atoms with van der Waals surface area (Å²) in [4.78, 5) is 16.4. The lowest BCUT2D eigenvalue weighted by atomic mass is 10.1. The van der Waals surface area contributed by atoms with Crippen molar-refractivity contribution in [3.8, 4) is 0 Å². The maximum atomic E-state index is 12.1. The van der Waals surface area contributed by atoms with E-state index in [0.29, 0.717) is 11.4 Å². The molecule has 0 aromatic carbocycles. The summed E-state index contributed by atoms with van der Waals surface area (Å²) in [6, 6.07) is 3.62. The maximum Gasteiger partial charge on any atom is 0.251 e. The third-order valence-electron chi connectivity index (χ3n) is 2.62. The molecule has 0 aliphatic carbocycles. The van der Waals surface area contributed by atoms with Gasteiger partial charge in [-0.15, -0.1) is 0 Å². The normalized spacial score (nSPS) is 12.2. The minimum atomic E-state index is -0.0735. The summed E-state index contributed by atoms with van der Waals surface area (Å²) >= 11 is 1.82. The van der Waals surface area contributed by atoms with Crippen molar-refractivity contribution in [2.75, 3.05) is 17.2 Å². The lowest BCUT2D eigenvalue weighted by Gasteiger charge is -2.13. The van der Waals surface area contributed by atoms with Crippen molar-refractivity contribution in [1.29, 1.82) is 0 Å². The number of pyridine rings is 1. The zero-order valence-electron chi connectivity index (χ0n) is 11.9. The number of hydrogen-bond donors (Lipinski definition) is 2. The van der Waals surface area contributed by atoms with E-state index >= 15 is 0 Å². The molecule has 0 radical (unpaired) electrons. The average molecular weight is 281 g/mol. The van der Waals surface area contributed by atoms with Gasteiger partial charge in [0.2, 0.25) is 0 Å². The standard InChI is InChI=1S/C14H23N3OS/c1-4-6-12-7-11(8-13(15)17-12)14(18)16-10(3)9-19-5-2/h7-8,10H,4-6,9H2,1-3H3,(H2,15,17)(H,16,18). The van der Waals surface area contributed by atoms with E-state index in [9.17, 15) is 4.79 Å². The maximum absolute atomic E-state index is 12.1. The highest BCUT2D eigenvalue weighted by molar-refractivity contribution is 7.99. The predicted octanol–water partition coefficient (Wildman–Crippen LogP) is 2.49. The number of anilines is 1. The van der Waals surface area contributed by atoms with Gasteiger partial charge in [0.15, 0.2) is 0 Å². The van der Waals surface area contributed by atoms with Gasteiger partial charge < -0.3 is 11.1 Å². The third-order valence-corrected chi connectivity index (χ3v) is 3.76. The van der Waals surface area contributed by atoms with Gasteiger partial charge in [0.25, 0.3) is 5.91 Å². The van der Waals surface area contributed by atoms with Crippen LogP contribution in [-0.2, 0) is 6.42 Å². The summed E-state index contributed by atoms with van der Waals surface area (Å²) in [5, 5.41) is 2.98. The number of aryl methyl sites for hydroxylation is 1. The Labute approximate surface area is 119 Å². The number of amides is 1. The van der Waals surface area contributed by atoms with Gasteiger partial charge in [-0.2, -0.15) is 11.8 Å². The van der Waals surface area contributed by atoms with Crippen molar-refractivity contribution in [2.45, 2.75) is 39.7 Å². The highest BCUT2D eigenvalue weighted by Gasteiger charge is 2.11. The molecule has 0 saturated carbocycles. The molecule has 1 unspecified atom stereocenters. The van der Waals surface area contributed by atoms with Gasteiger partial charge in [-0.3, -0.25) is 4.79 Å². The van der Waals surface area contributed by atoms with Crippen LogP contribution in [0.5, 0.6) is 0 Å². The molecule has 106 valence electrons. The van der Waals surface area contributed by atoms with Crippen LogP contribution in [0.3, 0.4) is 0 Å². The molecule has 4 nitrogen and oxygen atoms in total. The molecule has 19 heavy (non-hydrogen) atoms. The van der Waals surface area contributed by atoms with Crippen molar-refractivity contribution in [3.63, 3.8) is 0 Å². The zero-order valence-corrected chi connectivity index (χ0v) is 12.7. The molecule has 0 spiro atoms. The molecule has 1 aromatic rings. The number of nitrogens with one attached hydrogen (secondary N) is 1. The van der Waals surface area contributed by atoms with Gasteiger partial charge in [0.1, 0.15) is 5.82 Å². The fourth-order valence-electron chi connectivity index (χ4n) is 1.77. The molecule has 1 atom stereocenters. The van der Waals surface area contributed by atoms with Gasteiger partial charge >= 0.3 is 0 Å². The fraction of sp³-hybridized carbons (Fsp3) is 0.571. The molecular formula is C14H23N3OS. The first-order valence-electron chi connectivity index (χ1n) is 6.71. The second-order valence-electron chi connectivity index (χ2n) is 4.56. The molecule has 1 heterocycles. The Kier molecular flexibility index (Phi) is 6.70. The minimum Gasteiger partial charge on any atom is -0.384 e. The van der Waals surface area contributed by atoms with Crippen molar-refractivity contribution < 1.29 is 4.79 Å². The smallest absolute Gasteiger partial charge is 0.251 e. The minimum absolute atomic E-state index is 0.0735. The summed E-state index contributed by atoms with van der Waals surface area (Å²) in [7, 11) is 0. The van der Waals surface area contributed by atoms with Gasteiger partial charge in [-0.25, -0.2) is 4.98 Å². The Morgan fingerprint density at radius 1 is 1.47 bits per heavy atom. The van der Waals surface area contributed by atoms with Crippen molar-refractivity contribution in [3.05, 3.63) is 23.4 Å². The van der Waals surface area contributed by atoms with E-state index in [1.165, 1.54) is 0 Å². The second kappa shape index (κ2) is 8.04. The first-order chi connectivity index (χ1) is 9.06. The van der Waals surface area contributed by atoms with E-state index in [1.54, 1.807) is 6.07 Å². The average Bonchev–Trinajstić information content (AvgIpc) is 2.36. The number of hydrogen-bond acceptors (Lipinski definition) is 4. The lowest BCUT2D eigenvalue weighted by molar-refractivity contribution is 0.0943. The zero-order chi connectivity index (χ0) is 14.3. The molecule has 3 N–H and O–H groups in total. The molecule has 1 aromatic heterocycles. The monoisotopic (exact) mass is 281 g/mol. The summed E-state index contributed by atoms with van der Waals surface area (Å²) in [6.45, 7) is 6.20. The second-order valence-corrected chi connectivity index (χ2v) is 5.87. The number of nitrogen functional groups attached to an aromatic ring is 1.